The van der Waals surface area contributed by atoms with E-state index in [0.29, 0.717) is 6.04 Å². The Morgan fingerprint density at radius 1 is 1.32 bits per heavy atom. The number of ether oxygens (including phenoxy) is 1. The van der Waals surface area contributed by atoms with Gasteiger partial charge in [-0.25, -0.2) is 9.97 Å². The van der Waals surface area contributed by atoms with E-state index in [-0.39, 0.29) is 0 Å². The van der Waals surface area contributed by atoms with Crippen LogP contribution in [0.15, 0.2) is 42.9 Å². The molecule has 0 spiro atoms. The highest BCUT2D eigenvalue weighted by atomic mass is 16.5. The standard InChI is InChI=1S/C17H22N4O/c1-20(17-7-9-18-13-19-17)15-8-10-21(12-15)11-14-5-3-4-6-16(14)22-2/h3-7,9,13,15H,8,10-12H2,1-2H3. The van der Waals surface area contributed by atoms with Crippen LogP contribution in [0.5, 0.6) is 5.75 Å². The molecule has 3 rings (SSSR count). The van der Waals surface area contributed by atoms with E-state index in [1.165, 1.54) is 5.56 Å². The number of aromatic nitrogens is 2. The largest absolute Gasteiger partial charge is 0.496 e. The Morgan fingerprint density at radius 3 is 2.95 bits per heavy atom. The van der Waals surface area contributed by atoms with Gasteiger partial charge in [0, 0.05) is 44.5 Å². The zero-order valence-electron chi connectivity index (χ0n) is 13.1. The van der Waals surface area contributed by atoms with Crippen LogP contribution >= 0.6 is 0 Å². The van der Waals surface area contributed by atoms with Gasteiger partial charge in [0.2, 0.25) is 0 Å². The number of rotatable bonds is 5. The molecule has 0 amide bonds. The van der Waals surface area contributed by atoms with Crippen molar-refractivity contribution in [3.8, 4) is 5.75 Å². The van der Waals surface area contributed by atoms with Crippen molar-refractivity contribution in [1.29, 1.82) is 0 Å². The van der Waals surface area contributed by atoms with Crippen LogP contribution in [0.4, 0.5) is 5.82 Å². The zero-order valence-corrected chi connectivity index (χ0v) is 13.1. The van der Waals surface area contributed by atoms with Crippen molar-refractivity contribution in [2.45, 2.75) is 19.0 Å². The number of methoxy groups -OCH3 is 1. The van der Waals surface area contributed by atoms with Gasteiger partial charge in [0.05, 0.1) is 7.11 Å². The van der Waals surface area contributed by atoms with Gasteiger partial charge in [0.1, 0.15) is 17.9 Å². The molecule has 0 radical (unpaired) electrons. The molecule has 5 nitrogen and oxygen atoms in total. The van der Waals surface area contributed by atoms with E-state index in [1.807, 2.05) is 18.2 Å². The van der Waals surface area contributed by atoms with E-state index < -0.39 is 0 Å². The summed E-state index contributed by atoms with van der Waals surface area (Å²) in [5.74, 6) is 1.95. The second-order valence-electron chi connectivity index (χ2n) is 5.67. The fourth-order valence-corrected chi connectivity index (χ4v) is 3.03. The lowest BCUT2D eigenvalue weighted by Gasteiger charge is -2.25. The van der Waals surface area contributed by atoms with Crippen LogP contribution in [0.3, 0.4) is 0 Å². The normalized spacial score (nSPS) is 18.4. The Labute approximate surface area is 131 Å². The van der Waals surface area contributed by atoms with Gasteiger partial charge in [0.25, 0.3) is 0 Å². The van der Waals surface area contributed by atoms with Crippen LogP contribution in [-0.4, -0.2) is 48.2 Å². The molecule has 1 atom stereocenters. The maximum atomic E-state index is 5.45. The molecule has 0 bridgehead atoms. The van der Waals surface area contributed by atoms with E-state index >= 15 is 0 Å². The first-order valence-corrected chi connectivity index (χ1v) is 7.61. The van der Waals surface area contributed by atoms with Gasteiger partial charge in [-0.15, -0.1) is 0 Å². The fourth-order valence-electron chi connectivity index (χ4n) is 3.03. The Morgan fingerprint density at radius 2 is 2.18 bits per heavy atom. The number of anilines is 1. The van der Waals surface area contributed by atoms with Crippen molar-refractivity contribution in [2.75, 3.05) is 32.1 Å². The monoisotopic (exact) mass is 298 g/mol. The Balaban J connectivity index is 1.63. The van der Waals surface area contributed by atoms with Gasteiger partial charge in [0.15, 0.2) is 0 Å². The van der Waals surface area contributed by atoms with Crippen molar-refractivity contribution in [3.05, 3.63) is 48.4 Å². The van der Waals surface area contributed by atoms with Gasteiger partial charge < -0.3 is 9.64 Å². The maximum Gasteiger partial charge on any atom is 0.131 e. The van der Waals surface area contributed by atoms with Crippen LogP contribution < -0.4 is 9.64 Å². The minimum absolute atomic E-state index is 0.490. The molecule has 1 unspecified atom stereocenters. The summed E-state index contributed by atoms with van der Waals surface area (Å²) in [6, 6.07) is 10.7. The molecule has 1 aromatic heterocycles. The smallest absolute Gasteiger partial charge is 0.131 e. The van der Waals surface area contributed by atoms with Gasteiger partial charge in [-0.1, -0.05) is 18.2 Å². The molecule has 1 aromatic carbocycles. The van der Waals surface area contributed by atoms with Crippen molar-refractivity contribution in [1.82, 2.24) is 14.9 Å². The molecule has 0 saturated carbocycles. The zero-order chi connectivity index (χ0) is 15.4. The summed E-state index contributed by atoms with van der Waals surface area (Å²) < 4.78 is 5.45. The van der Waals surface area contributed by atoms with Gasteiger partial charge in [-0.05, 0) is 18.6 Å². The quantitative estimate of drug-likeness (QED) is 0.846. The molecule has 1 fully saturated rings. The van der Waals surface area contributed by atoms with E-state index in [0.717, 1.165) is 37.6 Å². The van der Waals surface area contributed by atoms with Crippen LogP contribution in [0, 0.1) is 0 Å². The Hall–Kier alpha value is -2.14. The van der Waals surface area contributed by atoms with Crippen LogP contribution in [-0.2, 0) is 6.54 Å². The van der Waals surface area contributed by atoms with Crippen molar-refractivity contribution >= 4 is 5.82 Å². The van der Waals surface area contributed by atoms with Crippen molar-refractivity contribution in [3.63, 3.8) is 0 Å². The third-order valence-electron chi connectivity index (χ3n) is 4.31. The number of nitrogens with zero attached hydrogens (tertiary/aromatic N) is 4. The van der Waals surface area contributed by atoms with Crippen LogP contribution in [0.25, 0.3) is 0 Å². The number of hydrogen-bond donors (Lipinski definition) is 0. The fraction of sp³-hybridized carbons (Fsp3) is 0.412. The summed E-state index contributed by atoms with van der Waals surface area (Å²) in [7, 11) is 3.84. The van der Waals surface area contributed by atoms with E-state index in [2.05, 4.69) is 38.9 Å². The molecule has 5 heteroatoms. The predicted molar refractivity (Wildman–Crippen MR) is 87.1 cm³/mol. The van der Waals surface area contributed by atoms with Gasteiger partial charge in [-0.3, -0.25) is 4.90 Å². The lowest BCUT2D eigenvalue weighted by Crippen LogP contribution is -2.35. The minimum atomic E-state index is 0.490. The van der Waals surface area contributed by atoms with E-state index in [4.69, 9.17) is 4.74 Å². The second-order valence-corrected chi connectivity index (χ2v) is 5.67. The topological polar surface area (TPSA) is 41.5 Å². The number of likely N-dealkylation sites (N-methyl/N-ethyl adjacent to an activating group) is 1. The highest BCUT2D eigenvalue weighted by Crippen LogP contribution is 2.24. The summed E-state index contributed by atoms with van der Waals surface area (Å²) in [6.07, 6.45) is 4.55. The average molecular weight is 298 g/mol. The first kappa shape index (κ1) is 14.8. The second kappa shape index (κ2) is 6.75. The summed E-state index contributed by atoms with van der Waals surface area (Å²) >= 11 is 0. The highest BCUT2D eigenvalue weighted by molar-refractivity contribution is 5.37. The molecule has 22 heavy (non-hydrogen) atoms. The number of para-hydroxylation sites is 1. The number of hydrogen-bond acceptors (Lipinski definition) is 5. The maximum absolute atomic E-state index is 5.45. The van der Waals surface area contributed by atoms with Gasteiger partial charge in [-0.2, -0.15) is 0 Å². The first-order valence-electron chi connectivity index (χ1n) is 7.61. The summed E-state index contributed by atoms with van der Waals surface area (Å²) in [6.45, 7) is 3.06. The van der Waals surface area contributed by atoms with E-state index in [9.17, 15) is 0 Å². The molecular formula is C17H22N4O. The van der Waals surface area contributed by atoms with Crippen molar-refractivity contribution in [2.24, 2.45) is 0 Å². The summed E-state index contributed by atoms with van der Waals surface area (Å²) in [5.41, 5.74) is 1.25. The minimum Gasteiger partial charge on any atom is -0.496 e. The molecular weight excluding hydrogens is 276 g/mol. The summed E-state index contributed by atoms with van der Waals surface area (Å²) in [4.78, 5) is 13.0. The molecule has 2 aromatic rings. The lowest BCUT2D eigenvalue weighted by atomic mass is 10.2. The molecule has 1 saturated heterocycles. The van der Waals surface area contributed by atoms with Gasteiger partial charge >= 0.3 is 0 Å². The third kappa shape index (κ3) is 3.20. The van der Waals surface area contributed by atoms with Crippen LogP contribution in [0.1, 0.15) is 12.0 Å². The Kier molecular flexibility index (Phi) is 4.53. The lowest BCUT2D eigenvalue weighted by molar-refractivity contribution is 0.316. The highest BCUT2D eigenvalue weighted by Gasteiger charge is 2.26. The molecule has 1 aliphatic rings. The summed E-state index contributed by atoms with van der Waals surface area (Å²) in [5, 5.41) is 0. The van der Waals surface area contributed by atoms with Crippen LogP contribution in [0.2, 0.25) is 0 Å². The number of likely N-dealkylation sites (tertiary alicyclic amines) is 1. The van der Waals surface area contributed by atoms with E-state index in [1.54, 1.807) is 19.6 Å². The molecule has 2 heterocycles. The predicted octanol–water partition coefficient (Wildman–Crippen LogP) is 2.20. The molecule has 0 aliphatic carbocycles. The average Bonchev–Trinajstić information content (AvgIpc) is 3.04. The Bertz CT molecular complexity index is 605. The van der Waals surface area contributed by atoms with Crippen molar-refractivity contribution < 1.29 is 4.74 Å². The first-order chi connectivity index (χ1) is 10.8. The molecule has 1 aliphatic heterocycles. The number of benzene rings is 1. The molecule has 116 valence electrons. The third-order valence-corrected chi connectivity index (χ3v) is 4.31. The SMILES string of the molecule is COc1ccccc1CN1CCC(N(C)c2ccncn2)C1. The molecule has 0 N–H and O–H groups in total.